The van der Waals surface area contributed by atoms with Crippen molar-refractivity contribution in [1.82, 2.24) is 10.3 Å². The van der Waals surface area contributed by atoms with E-state index in [0.717, 1.165) is 12.1 Å². The lowest BCUT2D eigenvalue weighted by molar-refractivity contribution is 0.448. The third-order valence-corrected chi connectivity index (χ3v) is 3.79. The normalized spacial score (nSPS) is 10.7. The molecule has 4 heteroatoms. The number of ether oxygens (including phenoxy) is 1. The van der Waals surface area contributed by atoms with Crippen molar-refractivity contribution in [2.75, 3.05) is 0 Å². The molecule has 0 radical (unpaired) electrons. The van der Waals surface area contributed by atoms with E-state index in [1.807, 2.05) is 12.1 Å². The van der Waals surface area contributed by atoms with Crippen LogP contribution in [0.3, 0.4) is 0 Å². The molecule has 0 aliphatic heterocycles. The van der Waals surface area contributed by atoms with Crippen LogP contribution in [0.2, 0.25) is 0 Å². The molecular formula is C21H21FN2O. The van der Waals surface area contributed by atoms with Crippen LogP contribution in [0.15, 0.2) is 60.8 Å². The maximum absolute atomic E-state index is 13.3. The zero-order valence-electron chi connectivity index (χ0n) is 14.4. The molecule has 1 N–H and O–H groups in total. The van der Waals surface area contributed by atoms with Gasteiger partial charge in [0.05, 0.1) is 0 Å². The van der Waals surface area contributed by atoms with E-state index in [1.54, 1.807) is 18.3 Å². The van der Waals surface area contributed by atoms with Gasteiger partial charge in [-0.25, -0.2) is 9.37 Å². The van der Waals surface area contributed by atoms with Gasteiger partial charge in [-0.3, -0.25) is 0 Å². The molecule has 3 rings (SSSR count). The van der Waals surface area contributed by atoms with Crippen molar-refractivity contribution in [3.05, 3.63) is 88.9 Å². The summed E-state index contributed by atoms with van der Waals surface area (Å²) >= 11 is 0. The molecule has 0 amide bonds. The summed E-state index contributed by atoms with van der Waals surface area (Å²) in [6.45, 7) is 5.58. The Morgan fingerprint density at radius 2 is 1.76 bits per heavy atom. The van der Waals surface area contributed by atoms with Crippen LogP contribution < -0.4 is 10.1 Å². The standard InChI is InChI=1S/C21H21FN2O/c1-15-9-16(2)11-17(10-15)13-23-14-18-5-4-8-24-21(18)25-20-7-3-6-19(22)12-20/h3-12,23H,13-14H2,1-2H3. The molecule has 3 aromatic rings. The number of pyridine rings is 1. The minimum atomic E-state index is -0.331. The Morgan fingerprint density at radius 3 is 2.52 bits per heavy atom. The summed E-state index contributed by atoms with van der Waals surface area (Å²) < 4.78 is 19.1. The number of aryl methyl sites for hydroxylation is 2. The SMILES string of the molecule is Cc1cc(C)cc(CNCc2cccnc2Oc2cccc(F)c2)c1. The van der Waals surface area contributed by atoms with Crippen LogP contribution in [-0.2, 0) is 13.1 Å². The van der Waals surface area contributed by atoms with E-state index in [0.29, 0.717) is 18.2 Å². The van der Waals surface area contributed by atoms with E-state index >= 15 is 0 Å². The molecule has 0 fully saturated rings. The van der Waals surface area contributed by atoms with Crippen LogP contribution in [0.1, 0.15) is 22.3 Å². The summed E-state index contributed by atoms with van der Waals surface area (Å²) in [5.74, 6) is 0.596. The first-order valence-corrected chi connectivity index (χ1v) is 8.25. The summed E-state index contributed by atoms with van der Waals surface area (Å²) in [5, 5.41) is 3.42. The van der Waals surface area contributed by atoms with Crippen molar-refractivity contribution in [3.63, 3.8) is 0 Å². The number of benzene rings is 2. The topological polar surface area (TPSA) is 34.2 Å². The van der Waals surface area contributed by atoms with Gasteiger partial charge in [0, 0.05) is 30.9 Å². The van der Waals surface area contributed by atoms with Crippen molar-refractivity contribution >= 4 is 0 Å². The van der Waals surface area contributed by atoms with Gasteiger partial charge < -0.3 is 10.1 Å². The molecule has 0 aliphatic rings. The summed E-state index contributed by atoms with van der Waals surface area (Å²) in [5.41, 5.74) is 4.69. The molecule has 0 spiro atoms. The average molecular weight is 336 g/mol. The van der Waals surface area contributed by atoms with Gasteiger partial charge in [0.15, 0.2) is 0 Å². The summed E-state index contributed by atoms with van der Waals surface area (Å²) in [7, 11) is 0. The zero-order chi connectivity index (χ0) is 17.6. The number of rotatable bonds is 6. The lowest BCUT2D eigenvalue weighted by atomic mass is 10.1. The van der Waals surface area contributed by atoms with E-state index in [4.69, 9.17) is 4.74 Å². The van der Waals surface area contributed by atoms with Crippen LogP contribution in [0.4, 0.5) is 4.39 Å². The van der Waals surface area contributed by atoms with Crippen molar-refractivity contribution in [1.29, 1.82) is 0 Å². The number of hydrogen-bond acceptors (Lipinski definition) is 3. The largest absolute Gasteiger partial charge is 0.439 e. The minimum Gasteiger partial charge on any atom is -0.439 e. The maximum atomic E-state index is 13.3. The van der Waals surface area contributed by atoms with Crippen LogP contribution in [0, 0.1) is 19.7 Å². The van der Waals surface area contributed by atoms with Crippen molar-refractivity contribution in [2.45, 2.75) is 26.9 Å². The van der Waals surface area contributed by atoms with E-state index in [9.17, 15) is 4.39 Å². The second-order valence-electron chi connectivity index (χ2n) is 6.13. The fourth-order valence-corrected chi connectivity index (χ4v) is 2.81. The van der Waals surface area contributed by atoms with Gasteiger partial charge >= 0.3 is 0 Å². The number of halogens is 1. The molecule has 3 nitrogen and oxygen atoms in total. The number of nitrogens with zero attached hydrogens (tertiary/aromatic N) is 1. The van der Waals surface area contributed by atoms with E-state index in [-0.39, 0.29) is 5.82 Å². The Balaban J connectivity index is 1.66. The number of nitrogens with one attached hydrogen (secondary N) is 1. The number of hydrogen-bond donors (Lipinski definition) is 1. The van der Waals surface area contributed by atoms with Gasteiger partial charge in [-0.05, 0) is 37.6 Å². The van der Waals surface area contributed by atoms with E-state index in [1.165, 1.54) is 28.8 Å². The van der Waals surface area contributed by atoms with Gasteiger partial charge in [0.1, 0.15) is 11.6 Å². The van der Waals surface area contributed by atoms with Gasteiger partial charge in [-0.2, -0.15) is 0 Å². The second-order valence-corrected chi connectivity index (χ2v) is 6.13. The molecular weight excluding hydrogens is 315 g/mol. The van der Waals surface area contributed by atoms with Crippen LogP contribution in [0.25, 0.3) is 0 Å². The molecule has 0 saturated carbocycles. The Labute approximate surface area is 147 Å². The molecule has 0 aliphatic carbocycles. The molecule has 1 heterocycles. The minimum absolute atomic E-state index is 0.331. The third-order valence-electron chi connectivity index (χ3n) is 3.79. The van der Waals surface area contributed by atoms with E-state index in [2.05, 4.69) is 42.3 Å². The first-order chi connectivity index (χ1) is 12.1. The molecule has 2 aromatic carbocycles. The molecule has 0 unspecified atom stereocenters. The molecule has 0 bridgehead atoms. The van der Waals surface area contributed by atoms with E-state index < -0.39 is 0 Å². The predicted molar refractivity (Wildman–Crippen MR) is 97.2 cm³/mol. The van der Waals surface area contributed by atoms with Crippen LogP contribution in [0.5, 0.6) is 11.6 Å². The number of aromatic nitrogens is 1. The maximum Gasteiger partial charge on any atom is 0.223 e. The monoisotopic (exact) mass is 336 g/mol. The zero-order valence-corrected chi connectivity index (χ0v) is 14.4. The predicted octanol–water partition coefficient (Wildman–Crippen LogP) is 4.92. The fraction of sp³-hybridized carbons (Fsp3) is 0.190. The Hall–Kier alpha value is -2.72. The first-order valence-electron chi connectivity index (χ1n) is 8.25. The van der Waals surface area contributed by atoms with Crippen molar-refractivity contribution < 1.29 is 9.13 Å². The molecule has 0 atom stereocenters. The lowest BCUT2D eigenvalue weighted by Crippen LogP contribution is -2.14. The van der Waals surface area contributed by atoms with Crippen LogP contribution in [-0.4, -0.2) is 4.98 Å². The van der Waals surface area contributed by atoms with Crippen LogP contribution >= 0.6 is 0 Å². The average Bonchev–Trinajstić information content (AvgIpc) is 2.56. The Morgan fingerprint density at radius 1 is 0.960 bits per heavy atom. The molecule has 1 aromatic heterocycles. The first kappa shape index (κ1) is 17.1. The summed E-state index contributed by atoms with van der Waals surface area (Å²) in [4.78, 5) is 4.27. The van der Waals surface area contributed by atoms with Gasteiger partial charge in [-0.15, -0.1) is 0 Å². The van der Waals surface area contributed by atoms with Gasteiger partial charge in [-0.1, -0.05) is 41.5 Å². The summed E-state index contributed by atoms with van der Waals surface area (Å²) in [6, 6.07) is 16.4. The fourth-order valence-electron chi connectivity index (χ4n) is 2.81. The Kier molecular flexibility index (Phi) is 5.41. The van der Waals surface area contributed by atoms with Crippen molar-refractivity contribution in [3.8, 4) is 11.6 Å². The quantitative estimate of drug-likeness (QED) is 0.694. The molecule has 128 valence electrons. The highest BCUT2D eigenvalue weighted by molar-refractivity contribution is 5.33. The molecule has 25 heavy (non-hydrogen) atoms. The van der Waals surface area contributed by atoms with Gasteiger partial charge in [0.2, 0.25) is 5.88 Å². The third kappa shape index (κ3) is 4.88. The highest BCUT2D eigenvalue weighted by Gasteiger charge is 2.07. The second kappa shape index (κ2) is 7.90. The highest BCUT2D eigenvalue weighted by atomic mass is 19.1. The van der Waals surface area contributed by atoms with Crippen molar-refractivity contribution in [2.24, 2.45) is 0 Å². The molecule has 0 saturated heterocycles. The smallest absolute Gasteiger partial charge is 0.223 e. The highest BCUT2D eigenvalue weighted by Crippen LogP contribution is 2.23. The lowest BCUT2D eigenvalue weighted by Gasteiger charge is -2.11. The summed E-state index contributed by atoms with van der Waals surface area (Å²) in [6.07, 6.45) is 1.67. The van der Waals surface area contributed by atoms with Gasteiger partial charge in [0.25, 0.3) is 0 Å². The Bertz CT molecular complexity index is 844.